The number of hydrogen-bond donors (Lipinski definition) is 3. The van der Waals surface area contributed by atoms with Crippen molar-refractivity contribution in [1.82, 2.24) is 20.2 Å². The van der Waals surface area contributed by atoms with E-state index in [1.807, 2.05) is 12.1 Å². The highest BCUT2D eigenvalue weighted by Crippen LogP contribution is 2.23. The van der Waals surface area contributed by atoms with Crippen LogP contribution in [0.5, 0.6) is 5.75 Å². The predicted octanol–water partition coefficient (Wildman–Crippen LogP) is 2.60. The fourth-order valence-electron chi connectivity index (χ4n) is 2.07. The Morgan fingerprint density at radius 2 is 1.88 bits per heavy atom. The molecule has 3 aromatic rings. The van der Waals surface area contributed by atoms with Crippen LogP contribution in [0.1, 0.15) is 0 Å². The van der Waals surface area contributed by atoms with E-state index in [9.17, 15) is 4.79 Å². The van der Waals surface area contributed by atoms with Crippen LogP contribution in [0.25, 0.3) is 5.69 Å². The summed E-state index contributed by atoms with van der Waals surface area (Å²) in [5.41, 5.74) is 1.95. The number of aromatic nitrogens is 4. The largest absolute Gasteiger partial charge is 0.495 e. The monoisotopic (exact) mass is 342 g/mol. The number of nitrogens with zero attached hydrogens (tertiary/aromatic N) is 4. The van der Waals surface area contributed by atoms with Gasteiger partial charge in [0.2, 0.25) is 5.16 Å². The van der Waals surface area contributed by atoms with Gasteiger partial charge in [-0.25, -0.2) is 4.79 Å². The first-order valence-electron chi connectivity index (χ1n) is 6.96. The molecular formula is C15H14N6O2S. The number of rotatable bonds is 4. The molecule has 8 nitrogen and oxygen atoms in total. The van der Waals surface area contributed by atoms with E-state index in [2.05, 4.69) is 38.8 Å². The molecule has 0 bridgehead atoms. The first-order chi connectivity index (χ1) is 11.7. The number of ether oxygens (including phenoxy) is 1. The number of carbonyl (C=O) groups is 1. The highest BCUT2D eigenvalue weighted by atomic mass is 32.1. The fourth-order valence-corrected chi connectivity index (χ4v) is 2.26. The number of benzene rings is 2. The summed E-state index contributed by atoms with van der Waals surface area (Å²) in [6.45, 7) is 0. The molecule has 0 aliphatic heterocycles. The Hall–Kier alpha value is -3.07. The number of thiol groups is 1. The molecule has 24 heavy (non-hydrogen) atoms. The number of carbonyl (C=O) groups excluding carboxylic acids is 1. The zero-order valence-corrected chi connectivity index (χ0v) is 13.6. The average molecular weight is 342 g/mol. The standard InChI is InChI=1S/C15H14N6O2S/c1-23-13-5-3-2-4-12(13)17-14(22)16-10-6-8-11(9-7-10)21-15(24)18-19-20-21/h2-9H,1H3,(H2,16,17,22)(H,18,20,24). The lowest BCUT2D eigenvalue weighted by atomic mass is 10.3. The minimum Gasteiger partial charge on any atom is -0.495 e. The van der Waals surface area contributed by atoms with Crippen molar-refractivity contribution in [3.05, 3.63) is 48.5 Å². The fraction of sp³-hybridized carbons (Fsp3) is 0.0667. The van der Waals surface area contributed by atoms with Gasteiger partial charge in [0.25, 0.3) is 0 Å². The van der Waals surface area contributed by atoms with E-state index in [1.54, 1.807) is 43.5 Å². The molecule has 0 unspecified atom stereocenters. The number of urea groups is 1. The van der Waals surface area contributed by atoms with E-state index in [1.165, 1.54) is 4.68 Å². The topological polar surface area (TPSA) is 94.0 Å². The summed E-state index contributed by atoms with van der Waals surface area (Å²) >= 11 is 4.15. The molecule has 0 radical (unpaired) electrons. The number of para-hydroxylation sites is 2. The maximum atomic E-state index is 12.1. The van der Waals surface area contributed by atoms with Crippen molar-refractivity contribution in [3.63, 3.8) is 0 Å². The van der Waals surface area contributed by atoms with Crippen molar-refractivity contribution in [3.8, 4) is 11.4 Å². The van der Waals surface area contributed by atoms with Crippen molar-refractivity contribution in [2.45, 2.75) is 5.16 Å². The summed E-state index contributed by atoms with van der Waals surface area (Å²) in [5.74, 6) is 0.586. The van der Waals surface area contributed by atoms with Crippen LogP contribution in [0.2, 0.25) is 0 Å². The molecule has 1 heterocycles. The lowest BCUT2D eigenvalue weighted by Gasteiger charge is -2.11. The Labute approximate surface area is 143 Å². The van der Waals surface area contributed by atoms with E-state index in [0.29, 0.717) is 22.3 Å². The number of nitrogens with one attached hydrogen (secondary N) is 2. The summed E-state index contributed by atoms with van der Waals surface area (Å²) in [4.78, 5) is 12.1. The van der Waals surface area contributed by atoms with Gasteiger partial charge in [0, 0.05) is 5.69 Å². The zero-order chi connectivity index (χ0) is 16.9. The molecular weight excluding hydrogens is 328 g/mol. The van der Waals surface area contributed by atoms with Crippen LogP contribution >= 0.6 is 12.6 Å². The predicted molar refractivity (Wildman–Crippen MR) is 92.0 cm³/mol. The van der Waals surface area contributed by atoms with Crippen LogP contribution in [-0.2, 0) is 0 Å². The van der Waals surface area contributed by atoms with Gasteiger partial charge in [0.1, 0.15) is 5.75 Å². The highest BCUT2D eigenvalue weighted by molar-refractivity contribution is 7.80. The van der Waals surface area contributed by atoms with Crippen LogP contribution in [0, 0.1) is 0 Å². The SMILES string of the molecule is COc1ccccc1NC(=O)Nc1ccc(-n2nnnc2S)cc1. The van der Waals surface area contributed by atoms with Gasteiger partial charge in [-0.1, -0.05) is 12.1 Å². The molecule has 0 saturated carbocycles. The maximum Gasteiger partial charge on any atom is 0.323 e. The van der Waals surface area contributed by atoms with Gasteiger partial charge in [-0.2, -0.15) is 4.68 Å². The normalized spacial score (nSPS) is 10.2. The molecule has 3 rings (SSSR count). The summed E-state index contributed by atoms with van der Waals surface area (Å²) in [6.07, 6.45) is 0. The number of amides is 2. The minimum atomic E-state index is -0.371. The van der Waals surface area contributed by atoms with Crippen molar-refractivity contribution < 1.29 is 9.53 Å². The first-order valence-corrected chi connectivity index (χ1v) is 7.41. The second kappa shape index (κ2) is 7.01. The van der Waals surface area contributed by atoms with E-state index >= 15 is 0 Å². The van der Waals surface area contributed by atoms with Gasteiger partial charge in [-0.15, -0.1) is 17.7 Å². The second-order valence-electron chi connectivity index (χ2n) is 4.72. The zero-order valence-electron chi connectivity index (χ0n) is 12.7. The molecule has 0 saturated heterocycles. The van der Waals surface area contributed by atoms with E-state index in [4.69, 9.17) is 4.74 Å². The van der Waals surface area contributed by atoms with Gasteiger partial charge in [0.05, 0.1) is 18.5 Å². The van der Waals surface area contributed by atoms with Gasteiger partial charge >= 0.3 is 6.03 Å². The third-order valence-corrected chi connectivity index (χ3v) is 3.46. The quantitative estimate of drug-likeness (QED) is 0.634. The van der Waals surface area contributed by atoms with Crippen LogP contribution in [0.4, 0.5) is 16.2 Å². The van der Waals surface area contributed by atoms with Crippen LogP contribution in [-0.4, -0.2) is 33.3 Å². The molecule has 0 spiro atoms. The summed E-state index contributed by atoms with van der Waals surface area (Å²) in [6, 6.07) is 13.8. The lowest BCUT2D eigenvalue weighted by Crippen LogP contribution is -2.19. The van der Waals surface area contributed by atoms with Gasteiger partial charge in [0.15, 0.2) is 0 Å². The maximum absolute atomic E-state index is 12.1. The lowest BCUT2D eigenvalue weighted by molar-refractivity contribution is 0.262. The number of anilines is 2. The average Bonchev–Trinajstić information content (AvgIpc) is 3.02. The number of methoxy groups -OCH3 is 1. The molecule has 122 valence electrons. The smallest absolute Gasteiger partial charge is 0.323 e. The van der Waals surface area contributed by atoms with E-state index in [-0.39, 0.29) is 6.03 Å². The van der Waals surface area contributed by atoms with Crippen molar-refractivity contribution in [1.29, 1.82) is 0 Å². The van der Waals surface area contributed by atoms with E-state index in [0.717, 1.165) is 5.69 Å². The van der Waals surface area contributed by atoms with Crippen LogP contribution in [0.3, 0.4) is 0 Å². The van der Waals surface area contributed by atoms with Crippen molar-refractivity contribution in [2.75, 3.05) is 17.7 Å². The Kier molecular flexibility index (Phi) is 4.62. The van der Waals surface area contributed by atoms with Crippen LogP contribution in [0.15, 0.2) is 53.7 Å². The first kappa shape index (κ1) is 15.8. The van der Waals surface area contributed by atoms with Crippen molar-refractivity contribution >= 4 is 30.0 Å². The summed E-state index contributed by atoms with van der Waals surface area (Å²) in [5, 5.41) is 16.9. The number of tetrazole rings is 1. The van der Waals surface area contributed by atoms with Gasteiger partial charge < -0.3 is 15.4 Å². The molecule has 0 aliphatic rings. The molecule has 2 amide bonds. The third-order valence-electron chi connectivity index (χ3n) is 3.18. The molecule has 0 fully saturated rings. The molecule has 0 aliphatic carbocycles. The number of hydrogen-bond acceptors (Lipinski definition) is 6. The third kappa shape index (κ3) is 3.46. The van der Waals surface area contributed by atoms with Gasteiger partial charge in [-0.3, -0.25) is 0 Å². The molecule has 2 N–H and O–H groups in total. The summed E-state index contributed by atoms with van der Waals surface area (Å²) in [7, 11) is 1.55. The second-order valence-corrected chi connectivity index (χ2v) is 5.12. The summed E-state index contributed by atoms with van der Waals surface area (Å²) < 4.78 is 6.67. The molecule has 1 aromatic heterocycles. The van der Waals surface area contributed by atoms with E-state index < -0.39 is 0 Å². The molecule has 0 atom stereocenters. The highest BCUT2D eigenvalue weighted by Gasteiger charge is 2.08. The Balaban J connectivity index is 1.68. The molecule has 2 aromatic carbocycles. The Morgan fingerprint density at radius 3 is 2.54 bits per heavy atom. The Morgan fingerprint density at radius 1 is 1.12 bits per heavy atom. The molecule has 9 heteroatoms. The van der Waals surface area contributed by atoms with Gasteiger partial charge in [-0.05, 0) is 46.8 Å². The Bertz CT molecular complexity index is 849. The van der Waals surface area contributed by atoms with Crippen molar-refractivity contribution in [2.24, 2.45) is 0 Å². The van der Waals surface area contributed by atoms with Crippen LogP contribution < -0.4 is 15.4 Å². The minimum absolute atomic E-state index is 0.371.